The molecule has 1 heterocycles. The van der Waals surface area contributed by atoms with Crippen molar-refractivity contribution >= 4 is 29.3 Å². The van der Waals surface area contributed by atoms with Crippen LogP contribution in [0.15, 0.2) is 36.4 Å². The lowest BCUT2D eigenvalue weighted by Gasteiger charge is -2.19. The van der Waals surface area contributed by atoms with Gasteiger partial charge in [-0.1, -0.05) is 11.6 Å². The van der Waals surface area contributed by atoms with E-state index in [1.54, 1.807) is 38.4 Å². The second kappa shape index (κ2) is 6.80. The van der Waals surface area contributed by atoms with Crippen LogP contribution in [0.3, 0.4) is 0 Å². The summed E-state index contributed by atoms with van der Waals surface area (Å²) in [5.41, 5.74) is 1.66. The summed E-state index contributed by atoms with van der Waals surface area (Å²) in [6.07, 6.45) is 0. The molecule has 0 saturated heterocycles. The van der Waals surface area contributed by atoms with Gasteiger partial charge < -0.3 is 9.64 Å². The quantitative estimate of drug-likeness (QED) is 0.774. The number of ether oxygens (including phenoxy) is 1. The van der Waals surface area contributed by atoms with E-state index in [0.717, 1.165) is 10.5 Å². The van der Waals surface area contributed by atoms with Gasteiger partial charge in [-0.2, -0.15) is 0 Å². The van der Waals surface area contributed by atoms with Gasteiger partial charge in [0.1, 0.15) is 5.75 Å². The third-order valence-corrected chi connectivity index (χ3v) is 4.57. The largest absolute Gasteiger partial charge is 0.496 e. The third-order valence-electron chi connectivity index (χ3n) is 4.33. The maximum Gasteiger partial charge on any atom is 0.261 e. The van der Waals surface area contributed by atoms with Crippen molar-refractivity contribution in [1.82, 2.24) is 9.80 Å². The van der Waals surface area contributed by atoms with Crippen LogP contribution in [-0.4, -0.2) is 48.7 Å². The van der Waals surface area contributed by atoms with E-state index in [-0.39, 0.29) is 23.9 Å². The number of imide groups is 1. The Balaban J connectivity index is 1.86. The number of halogens is 1. The lowest BCUT2D eigenvalue weighted by molar-refractivity contribution is 0.0692. The van der Waals surface area contributed by atoms with Crippen molar-refractivity contribution in [2.45, 2.75) is 6.54 Å². The van der Waals surface area contributed by atoms with Gasteiger partial charge in [0.05, 0.1) is 18.2 Å². The molecule has 1 aliphatic rings. The molecule has 0 aromatic heterocycles. The highest BCUT2D eigenvalue weighted by Gasteiger charge is 2.33. The minimum atomic E-state index is -0.404. The lowest BCUT2D eigenvalue weighted by Crippen LogP contribution is -2.26. The molecule has 0 saturated carbocycles. The molecule has 6 nitrogen and oxygen atoms in total. The predicted molar refractivity (Wildman–Crippen MR) is 96.7 cm³/mol. The number of carbonyl (C=O) groups excluding carboxylic acids is 3. The molecule has 3 amide bonds. The first-order valence-corrected chi connectivity index (χ1v) is 8.25. The first-order valence-electron chi connectivity index (χ1n) is 7.87. The van der Waals surface area contributed by atoms with Crippen molar-refractivity contribution in [3.8, 4) is 5.75 Å². The summed E-state index contributed by atoms with van der Waals surface area (Å²) in [6, 6.07) is 9.73. The summed E-state index contributed by atoms with van der Waals surface area (Å²) >= 11 is 6.03. The van der Waals surface area contributed by atoms with E-state index in [9.17, 15) is 14.4 Å². The number of nitrogens with zero attached hydrogens (tertiary/aromatic N) is 2. The van der Waals surface area contributed by atoms with Gasteiger partial charge in [0, 0.05) is 36.8 Å². The summed E-state index contributed by atoms with van der Waals surface area (Å²) in [6.45, 7) is 0.284. The number of hydrogen-bond donors (Lipinski definition) is 0. The molecule has 2 aromatic rings. The standard InChI is InChI=1S/C19H17ClN2O4/c1-21(10-12-8-13(20)5-7-16(12)26-3)17(23)11-4-6-14-15(9-11)19(25)22(2)18(14)24/h4-9H,10H2,1-3H3. The van der Waals surface area contributed by atoms with E-state index in [4.69, 9.17) is 16.3 Å². The van der Waals surface area contributed by atoms with Crippen LogP contribution in [0.2, 0.25) is 5.02 Å². The van der Waals surface area contributed by atoms with Crippen molar-refractivity contribution in [2.24, 2.45) is 0 Å². The molecular formula is C19H17ClN2O4. The fourth-order valence-electron chi connectivity index (χ4n) is 2.91. The third kappa shape index (κ3) is 3.04. The van der Waals surface area contributed by atoms with Crippen molar-refractivity contribution in [3.63, 3.8) is 0 Å². The molecule has 2 aromatic carbocycles. The minimum Gasteiger partial charge on any atom is -0.496 e. The molecule has 0 unspecified atom stereocenters. The van der Waals surface area contributed by atoms with E-state index >= 15 is 0 Å². The fraction of sp³-hybridized carbons (Fsp3) is 0.211. The van der Waals surface area contributed by atoms with Crippen LogP contribution < -0.4 is 4.74 Å². The normalized spacial score (nSPS) is 13.0. The van der Waals surface area contributed by atoms with E-state index in [0.29, 0.717) is 21.9 Å². The molecule has 0 spiro atoms. The summed E-state index contributed by atoms with van der Waals surface area (Å²) in [4.78, 5) is 39.3. The number of rotatable bonds is 4. The maximum atomic E-state index is 12.7. The number of hydrogen-bond acceptors (Lipinski definition) is 4. The van der Waals surface area contributed by atoms with Crippen LogP contribution in [0.4, 0.5) is 0 Å². The highest BCUT2D eigenvalue weighted by molar-refractivity contribution is 6.30. The molecular weight excluding hydrogens is 356 g/mol. The molecule has 134 valence electrons. The van der Waals surface area contributed by atoms with Crippen molar-refractivity contribution in [3.05, 3.63) is 63.7 Å². The Labute approximate surface area is 155 Å². The zero-order valence-corrected chi connectivity index (χ0v) is 15.3. The summed E-state index contributed by atoms with van der Waals surface area (Å²) in [5, 5.41) is 0.548. The molecule has 0 N–H and O–H groups in total. The van der Waals surface area contributed by atoms with E-state index in [1.165, 1.54) is 24.1 Å². The SMILES string of the molecule is COc1ccc(Cl)cc1CN(C)C(=O)c1ccc2c(c1)C(=O)N(C)C2=O. The first kappa shape index (κ1) is 17.9. The number of carbonyl (C=O) groups is 3. The fourth-order valence-corrected chi connectivity index (χ4v) is 3.11. The van der Waals surface area contributed by atoms with Crippen molar-refractivity contribution in [2.75, 3.05) is 21.2 Å². The Bertz CT molecular complexity index is 926. The number of fused-ring (bicyclic) bond motifs is 1. The van der Waals surface area contributed by atoms with Gasteiger partial charge in [-0.3, -0.25) is 19.3 Å². The Kier molecular flexibility index (Phi) is 4.70. The van der Waals surface area contributed by atoms with E-state index < -0.39 is 5.91 Å². The van der Waals surface area contributed by atoms with Crippen LogP contribution in [-0.2, 0) is 6.54 Å². The van der Waals surface area contributed by atoms with Gasteiger partial charge in [0.25, 0.3) is 17.7 Å². The van der Waals surface area contributed by atoms with Crippen LogP contribution >= 0.6 is 11.6 Å². The van der Waals surface area contributed by atoms with Crippen molar-refractivity contribution < 1.29 is 19.1 Å². The van der Waals surface area contributed by atoms with Gasteiger partial charge in [0.2, 0.25) is 0 Å². The molecule has 1 aliphatic heterocycles. The monoisotopic (exact) mass is 372 g/mol. The Hall–Kier alpha value is -2.86. The van der Waals surface area contributed by atoms with E-state index in [1.807, 2.05) is 0 Å². The second-order valence-electron chi connectivity index (χ2n) is 6.05. The number of methoxy groups -OCH3 is 1. The van der Waals surface area contributed by atoms with Gasteiger partial charge >= 0.3 is 0 Å². The summed E-state index contributed by atoms with van der Waals surface area (Å²) < 4.78 is 5.30. The highest BCUT2D eigenvalue weighted by Crippen LogP contribution is 2.26. The predicted octanol–water partition coefficient (Wildman–Crippen LogP) is 2.85. The van der Waals surface area contributed by atoms with Crippen LogP contribution in [0.25, 0.3) is 0 Å². The molecule has 0 fully saturated rings. The van der Waals surface area contributed by atoms with E-state index in [2.05, 4.69) is 0 Å². The Morgan fingerprint density at radius 2 is 1.81 bits per heavy atom. The minimum absolute atomic E-state index is 0.247. The zero-order chi connectivity index (χ0) is 19.0. The first-order chi connectivity index (χ1) is 12.3. The van der Waals surface area contributed by atoms with Gasteiger partial charge in [0.15, 0.2) is 0 Å². The second-order valence-corrected chi connectivity index (χ2v) is 6.48. The summed E-state index contributed by atoms with van der Waals surface area (Å²) in [5.74, 6) is -0.408. The molecule has 0 atom stereocenters. The lowest BCUT2D eigenvalue weighted by atomic mass is 10.0. The number of amides is 3. The van der Waals surface area contributed by atoms with Crippen LogP contribution in [0, 0.1) is 0 Å². The molecule has 3 rings (SSSR count). The molecule has 0 radical (unpaired) electrons. The van der Waals surface area contributed by atoms with Gasteiger partial charge in [-0.15, -0.1) is 0 Å². The Morgan fingerprint density at radius 1 is 1.12 bits per heavy atom. The van der Waals surface area contributed by atoms with Gasteiger partial charge in [-0.05, 0) is 36.4 Å². The molecule has 0 bridgehead atoms. The van der Waals surface area contributed by atoms with Crippen LogP contribution in [0.5, 0.6) is 5.75 Å². The van der Waals surface area contributed by atoms with Crippen LogP contribution in [0.1, 0.15) is 36.6 Å². The van der Waals surface area contributed by atoms with Gasteiger partial charge in [-0.25, -0.2) is 0 Å². The molecule has 0 aliphatic carbocycles. The zero-order valence-electron chi connectivity index (χ0n) is 14.6. The molecule has 26 heavy (non-hydrogen) atoms. The highest BCUT2D eigenvalue weighted by atomic mass is 35.5. The smallest absolute Gasteiger partial charge is 0.261 e. The average Bonchev–Trinajstić information content (AvgIpc) is 2.85. The average molecular weight is 373 g/mol. The molecule has 7 heteroatoms. The summed E-state index contributed by atoms with van der Waals surface area (Å²) in [7, 11) is 4.62. The maximum absolute atomic E-state index is 12.7. The Morgan fingerprint density at radius 3 is 2.50 bits per heavy atom. The topological polar surface area (TPSA) is 66.9 Å². The number of benzene rings is 2. The van der Waals surface area contributed by atoms with Crippen molar-refractivity contribution in [1.29, 1.82) is 0 Å².